The maximum absolute atomic E-state index is 11.4. The molecule has 1 amide bonds. The minimum Gasteiger partial charge on any atom is -0.381 e. The van der Waals surface area contributed by atoms with Crippen LogP contribution in [0.5, 0.6) is 0 Å². The molecule has 0 spiro atoms. The summed E-state index contributed by atoms with van der Waals surface area (Å²) in [4.78, 5) is 11.4. The SMILES string of the molecule is COC1CC(NCC2CCCO2)(C(N)=O)C1. The Bertz CT molecular complexity index is 258. The topological polar surface area (TPSA) is 73.6 Å². The zero-order valence-corrected chi connectivity index (χ0v) is 9.70. The summed E-state index contributed by atoms with van der Waals surface area (Å²) >= 11 is 0. The van der Waals surface area contributed by atoms with Gasteiger partial charge in [0.25, 0.3) is 0 Å². The van der Waals surface area contributed by atoms with Gasteiger partial charge in [0, 0.05) is 33.1 Å². The lowest BCUT2D eigenvalue weighted by Gasteiger charge is -2.45. The van der Waals surface area contributed by atoms with E-state index in [0.29, 0.717) is 19.4 Å². The van der Waals surface area contributed by atoms with Gasteiger partial charge in [0.1, 0.15) is 5.54 Å². The predicted molar refractivity (Wildman–Crippen MR) is 58.9 cm³/mol. The first-order valence-electron chi connectivity index (χ1n) is 5.85. The van der Waals surface area contributed by atoms with E-state index in [2.05, 4.69) is 5.32 Å². The van der Waals surface area contributed by atoms with Crippen LogP contribution >= 0.6 is 0 Å². The molecule has 1 saturated heterocycles. The first-order valence-corrected chi connectivity index (χ1v) is 5.85. The average Bonchev–Trinajstić information content (AvgIpc) is 2.68. The molecule has 0 aromatic rings. The molecular formula is C11H20N2O3. The van der Waals surface area contributed by atoms with Crippen LogP contribution in [0.15, 0.2) is 0 Å². The molecule has 92 valence electrons. The van der Waals surface area contributed by atoms with Crippen LogP contribution in [0.1, 0.15) is 25.7 Å². The Kier molecular flexibility index (Phi) is 3.47. The molecule has 2 fully saturated rings. The molecule has 0 aromatic heterocycles. The van der Waals surface area contributed by atoms with Gasteiger partial charge in [-0.05, 0) is 12.8 Å². The second-order valence-corrected chi connectivity index (χ2v) is 4.73. The summed E-state index contributed by atoms with van der Waals surface area (Å²) in [6.45, 7) is 1.54. The van der Waals surface area contributed by atoms with E-state index >= 15 is 0 Å². The van der Waals surface area contributed by atoms with Crippen LogP contribution in [0.2, 0.25) is 0 Å². The zero-order valence-electron chi connectivity index (χ0n) is 9.70. The summed E-state index contributed by atoms with van der Waals surface area (Å²) < 4.78 is 10.7. The fraction of sp³-hybridized carbons (Fsp3) is 0.909. The Morgan fingerprint density at radius 2 is 2.38 bits per heavy atom. The number of carbonyl (C=O) groups excluding carboxylic acids is 1. The average molecular weight is 228 g/mol. The van der Waals surface area contributed by atoms with E-state index in [1.165, 1.54) is 0 Å². The second-order valence-electron chi connectivity index (χ2n) is 4.73. The number of methoxy groups -OCH3 is 1. The first-order chi connectivity index (χ1) is 7.66. The van der Waals surface area contributed by atoms with Crippen molar-refractivity contribution in [1.82, 2.24) is 5.32 Å². The molecule has 5 heteroatoms. The van der Waals surface area contributed by atoms with E-state index in [9.17, 15) is 4.79 Å². The van der Waals surface area contributed by atoms with E-state index in [1.54, 1.807) is 7.11 Å². The van der Waals surface area contributed by atoms with Gasteiger partial charge < -0.3 is 20.5 Å². The van der Waals surface area contributed by atoms with Crippen molar-refractivity contribution in [2.45, 2.75) is 43.4 Å². The molecule has 0 bridgehead atoms. The van der Waals surface area contributed by atoms with Crippen molar-refractivity contribution in [3.8, 4) is 0 Å². The van der Waals surface area contributed by atoms with Gasteiger partial charge in [-0.2, -0.15) is 0 Å². The van der Waals surface area contributed by atoms with Crippen molar-refractivity contribution in [2.75, 3.05) is 20.3 Å². The fourth-order valence-electron chi connectivity index (χ4n) is 2.43. The summed E-state index contributed by atoms with van der Waals surface area (Å²) in [6, 6.07) is 0. The minimum atomic E-state index is -0.563. The van der Waals surface area contributed by atoms with Crippen LogP contribution in [0, 0.1) is 0 Å². The van der Waals surface area contributed by atoms with Crippen molar-refractivity contribution in [3.05, 3.63) is 0 Å². The van der Waals surface area contributed by atoms with Gasteiger partial charge in [-0.25, -0.2) is 0 Å². The van der Waals surface area contributed by atoms with Gasteiger partial charge in [0.05, 0.1) is 12.2 Å². The van der Waals surface area contributed by atoms with E-state index in [4.69, 9.17) is 15.2 Å². The molecule has 1 saturated carbocycles. The number of ether oxygens (including phenoxy) is 2. The van der Waals surface area contributed by atoms with Gasteiger partial charge in [-0.1, -0.05) is 0 Å². The van der Waals surface area contributed by atoms with Crippen molar-refractivity contribution in [2.24, 2.45) is 5.73 Å². The monoisotopic (exact) mass is 228 g/mol. The minimum absolute atomic E-state index is 0.157. The van der Waals surface area contributed by atoms with Gasteiger partial charge in [0.15, 0.2) is 0 Å². The van der Waals surface area contributed by atoms with Crippen LogP contribution in [-0.2, 0) is 14.3 Å². The molecule has 0 aromatic carbocycles. The summed E-state index contributed by atoms with van der Waals surface area (Å²) in [7, 11) is 1.66. The molecule has 2 aliphatic rings. The number of nitrogens with two attached hydrogens (primary N) is 1. The lowest BCUT2D eigenvalue weighted by atomic mass is 9.73. The highest BCUT2D eigenvalue weighted by atomic mass is 16.5. The molecule has 1 aliphatic heterocycles. The van der Waals surface area contributed by atoms with Crippen molar-refractivity contribution < 1.29 is 14.3 Å². The molecular weight excluding hydrogens is 208 g/mol. The van der Waals surface area contributed by atoms with Gasteiger partial charge in [0.2, 0.25) is 5.91 Å². The highest BCUT2D eigenvalue weighted by Gasteiger charge is 2.49. The quantitative estimate of drug-likeness (QED) is 0.683. The third-order valence-corrected chi connectivity index (χ3v) is 3.65. The van der Waals surface area contributed by atoms with Crippen LogP contribution in [0.25, 0.3) is 0 Å². The van der Waals surface area contributed by atoms with Crippen molar-refractivity contribution in [1.29, 1.82) is 0 Å². The van der Waals surface area contributed by atoms with Crippen LogP contribution < -0.4 is 11.1 Å². The Morgan fingerprint density at radius 3 is 2.88 bits per heavy atom. The summed E-state index contributed by atoms with van der Waals surface area (Å²) in [5.74, 6) is -0.279. The lowest BCUT2D eigenvalue weighted by Crippen LogP contribution is -2.66. The van der Waals surface area contributed by atoms with Gasteiger partial charge in [-0.3, -0.25) is 4.79 Å². The van der Waals surface area contributed by atoms with Crippen LogP contribution in [0.4, 0.5) is 0 Å². The molecule has 1 unspecified atom stereocenters. The largest absolute Gasteiger partial charge is 0.381 e. The number of rotatable bonds is 5. The number of primary amides is 1. The second kappa shape index (κ2) is 4.69. The van der Waals surface area contributed by atoms with Crippen molar-refractivity contribution in [3.63, 3.8) is 0 Å². The standard InChI is InChI=1S/C11H20N2O3/c1-15-9-5-11(6-9,10(12)14)13-7-8-3-2-4-16-8/h8-9,13H,2-7H2,1H3,(H2,12,14). The maximum Gasteiger partial charge on any atom is 0.237 e. The number of carbonyl (C=O) groups is 1. The number of hydrogen-bond acceptors (Lipinski definition) is 4. The summed E-state index contributed by atoms with van der Waals surface area (Å²) in [5.41, 5.74) is 4.87. The highest BCUT2D eigenvalue weighted by molar-refractivity contribution is 5.86. The van der Waals surface area contributed by atoms with Gasteiger partial charge in [-0.15, -0.1) is 0 Å². The molecule has 0 radical (unpaired) electrons. The molecule has 1 aliphatic carbocycles. The van der Waals surface area contributed by atoms with E-state index in [0.717, 1.165) is 19.4 Å². The molecule has 1 atom stereocenters. The lowest BCUT2D eigenvalue weighted by molar-refractivity contribution is -0.135. The number of amides is 1. The smallest absolute Gasteiger partial charge is 0.237 e. The van der Waals surface area contributed by atoms with E-state index in [-0.39, 0.29) is 18.1 Å². The van der Waals surface area contributed by atoms with Crippen molar-refractivity contribution >= 4 is 5.91 Å². The molecule has 5 nitrogen and oxygen atoms in total. The molecule has 16 heavy (non-hydrogen) atoms. The van der Waals surface area contributed by atoms with Gasteiger partial charge >= 0.3 is 0 Å². The highest BCUT2D eigenvalue weighted by Crippen LogP contribution is 2.34. The van der Waals surface area contributed by atoms with E-state index in [1.807, 2.05) is 0 Å². The van der Waals surface area contributed by atoms with Crippen LogP contribution in [-0.4, -0.2) is 43.9 Å². The Labute approximate surface area is 95.7 Å². The zero-order chi connectivity index (χ0) is 11.6. The fourth-order valence-corrected chi connectivity index (χ4v) is 2.43. The predicted octanol–water partition coefficient (Wildman–Crippen LogP) is -0.212. The molecule has 3 N–H and O–H groups in total. The molecule has 1 heterocycles. The Morgan fingerprint density at radius 1 is 1.62 bits per heavy atom. The maximum atomic E-state index is 11.4. The first kappa shape index (κ1) is 11.8. The number of hydrogen-bond donors (Lipinski definition) is 2. The molecule has 2 rings (SSSR count). The third-order valence-electron chi connectivity index (χ3n) is 3.65. The van der Waals surface area contributed by atoms with Crippen LogP contribution in [0.3, 0.4) is 0 Å². The Balaban J connectivity index is 1.82. The summed E-state index contributed by atoms with van der Waals surface area (Å²) in [6.07, 6.45) is 3.91. The normalized spacial score (nSPS) is 38.3. The summed E-state index contributed by atoms with van der Waals surface area (Å²) in [5, 5.41) is 3.26. The Hall–Kier alpha value is -0.650. The third kappa shape index (κ3) is 2.21. The number of nitrogens with one attached hydrogen (secondary N) is 1. The van der Waals surface area contributed by atoms with E-state index < -0.39 is 5.54 Å².